The van der Waals surface area contributed by atoms with Gasteiger partial charge in [0.15, 0.2) is 40.5 Å². The summed E-state index contributed by atoms with van der Waals surface area (Å²) >= 11 is 6.32. The average Bonchev–Trinajstić information content (AvgIpc) is 3.06. The second-order valence-corrected chi connectivity index (χ2v) is 7.98. The van der Waals surface area contributed by atoms with Gasteiger partial charge >= 0.3 is 5.97 Å². The highest BCUT2D eigenvalue weighted by Crippen LogP contribution is 2.46. The van der Waals surface area contributed by atoms with Gasteiger partial charge in [-0.3, -0.25) is 9.59 Å². The van der Waals surface area contributed by atoms with Crippen molar-refractivity contribution in [3.63, 3.8) is 0 Å². The number of carbonyl (C=O) groups is 2. The fourth-order valence-corrected chi connectivity index (χ4v) is 4.32. The topological polar surface area (TPSA) is 147 Å². The molecule has 1 heterocycles. The zero-order chi connectivity index (χ0) is 22.3. The third-order valence-corrected chi connectivity index (χ3v) is 5.44. The number of hydrogen-bond acceptors (Lipinski definition) is 9. The van der Waals surface area contributed by atoms with Crippen LogP contribution < -0.4 is 0 Å². The molecule has 30 heavy (non-hydrogen) atoms. The van der Waals surface area contributed by atoms with Crippen molar-refractivity contribution in [2.75, 3.05) is 0 Å². The van der Waals surface area contributed by atoms with E-state index >= 15 is 0 Å². The van der Waals surface area contributed by atoms with Crippen molar-refractivity contribution in [3.05, 3.63) is 48.9 Å². The lowest BCUT2D eigenvalue weighted by Gasteiger charge is -2.12. The monoisotopic (exact) mass is 541 g/mol. The second-order valence-electron chi connectivity index (χ2n) is 6.27. The predicted molar refractivity (Wildman–Crippen MR) is 112 cm³/mol. The van der Waals surface area contributed by atoms with Gasteiger partial charge in [0.2, 0.25) is 0 Å². The summed E-state index contributed by atoms with van der Waals surface area (Å²) in [5, 5.41) is 33.0. The van der Waals surface area contributed by atoms with E-state index < -0.39 is 35.1 Å². The van der Waals surface area contributed by atoms with Crippen molar-refractivity contribution in [3.8, 4) is 17.2 Å². The highest BCUT2D eigenvalue weighted by molar-refractivity contribution is 9.11. The summed E-state index contributed by atoms with van der Waals surface area (Å²) in [5.41, 5.74) is -0.405. The molecule has 0 aliphatic heterocycles. The molecule has 1 atom stereocenters. The first kappa shape index (κ1) is 21.8. The number of halogens is 2. The van der Waals surface area contributed by atoms with Crippen molar-refractivity contribution in [2.24, 2.45) is 5.18 Å². The van der Waals surface area contributed by atoms with Crippen LogP contribution in [0.3, 0.4) is 0 Å². The summed E-state index contributed by atoms with van der Waals surface area (Å²) in [6.07, 6.45) is -1.06. The summed E-state index contributed by atoms with van der Waals surface area (Å²) in [6.45, 7) is 2.61. The van der Waals surface area contributed by atoms with E-state index in [9.17, 15) is 29.8 Å². The third-order valence-electron chi connectivity index (χ3n) is 4.23. The molecule has 0 aliphatic rings. The number of ether oxygens (including phenoxy) is 1. The van der Waals surface area contributed by atoms with E-state index in [1.165, 1.54) is 26.0 Å². The average molecular weight is 543 g/mol. The Hall–Kier alpha value is -2.92. The van der Waals surface area contributed by atoms with Gasteiger partial charge in [-0.15, -0.1) is 4.91 Å². The molecule has 3 N–H and O–H groups in total. The molecule has 1 unspecified atom stereocenters. The van der Waals surface area contributed by atoms with Gasteiger partial charge in [-0.2, -0.15) is 0 Å². The number of benzene rings is 2. The van der Waals surface area contributed by atoms with Crippen LogP contribution in [0.5, 0.6) is 17.2 Å². The lowest BCUT2D eigenvalue weighted by Crippen LogP contribution is -2.10. The van der Waals surface area contributed by atoms with Gasteiger partial charge in [-0.05, 0) is 56.1 Å². The molecule has 0 bridgehead atoms. The van der Waals surface area contributed by atoms with Crippen LogP contribution in [0.15, 0.2) is 36.7 Å². The molecular formula is C19H13Br2NO8. The van der Waals surface area contributed by atoms with E-state index in [4.69, 9.17) is 9.15 Å². The van der Waals surface area contributed by atoms with Crippen molar-refractivity contribution in [1.82, 2.24) is 0 Å². The fraction of sp³-hybridized carbons (Fsp3) is 0.158. The van der Waals surface area contributed by atoms with E-state index in [0.717, 1.165) is 6.07 Å². The van der Waals surface area contributed by atoms with Crippen LogP contribution in [0.4, 0.5) is 5.69 Å². The molecule has 2 aromatic carbocycles. The molecule has 156 valence electrons. The number of nitrogens with zero attached hydrogens (tertiary/aromatic N) is 1. The van der Waals surface area contributed by atoms with E-state index in [0.29, 0.717) is 0 Å². The van der Waals surface area contributed by atoms with E-state index in [2.05, 4.69) is 37.0 Å². The van der Waals surface area contributed by atoms with Crippen LogP contribution in [0, 0.1) is 4.91 Å². The first-order chi connectivity index (χ1) is 14.1. The highest BCUT2D eigenvalue weighted by atomic mass is 79.9. The van der Waals surface area contributed by atoms with Gasteiger partial charge in [0, 0.05) is 27.5 Å². The maximum atomic E-state index is 13.4. The number of phenolic OH excluding ortho intramolecular Hbond substituents is 3. The molecule has 0 amide bonds. The van der Waals surface area contributed by atoms with Crippen LogP contribution in [0.1, 0.15) is 41.6 Å². The molecule has 11 heteroatoms. The summed E-state index contributed by atoms with van der Waals surface area (Å²) in [5.74, 6) is -3.39. The molecule has 0 saturated carbocycles. The summed E-state index contributed by atoms with van der Waals surface area (Å²) < 4.78 is 11.1. The van der Waals surface area contributed by atoms with Gasteiger partial charge in [-0.25, -0.2) is 0 Å². The Morgan fingerprint density at radius 3 is 2.23 bits per heavy atom. The standard InChI is InChI=1S/C19H13Br2NO8/c1-6(29-7(2)23)18-13(14-17(27)11(24)5-12(25)19(14)30-18)16(26)8-3-9(20)15(22-28)10(21)4-8/h3-6,24-25,27H,1-2H3. The fourth-order valence-electron chi connectivity index (χ4n) is 2.99. The predicted octanol–water partition coefficient (Wildman–Crippen LogP) is 5.33. The van der Waals surface area contributed by atoms with Crippen molar-refractivity contribution in [1.29, 1.82) is 0 Å². The molecule has 0 aliphatic carbocycles. The molecule has 0 fully saturated rings. The molecule has 9 nitrogen and oxygen atoms in total. The smallest absolute Gasteiger partial charge is 0.303 e. The number of carbonyl (C=O) groups excluding carboxylic acids is 2. The molecule has 3 rings (SSSR count). The SMILES string of the molecule is CC(=O)OC(C)c1oc2c(O)cc(O)c(O)c2c1C(=O)c1cc(Br)c(N=O)c(Br)c1. The third kappa shape index (κ3) is 3.65. The van der Waals surface area contributed by atoms with Gasteiger partial charge in [-0.1, -0.05) is 0 Å². The minimum absolute atomic E-state index is 0.0373. The molecule has 0 saturated heterocycles. The minimum Gasteiger partial charge on any atom is -0.504 e. The van der Waals surface area contributed by atoms with Crippen LogP contribution in [-0.4, -0.2) is 27.1 Å². The summed E-state index contributed by atoms with van der Waals surface area (Å²) in [7, 11) is 0. The van der Waals surface area contributed by atoms with Gasteiger partial charge in [0.25, 0.3) is 0 Å². The maximum absolute atomic E-state index is 13.4. The molecule has 0 spiro atoms. The number of fused-ring (bicyclic) bond motifs is 1. The van der Waals surface area contributed by atoms with Crippen molar-refractivity contribution >= 4 is 60.3 Å². The Balaban J connectivity index is 2.34. The molecule has 3 aromatic rings. The van der Waals surface area contributed by atoms with Gasteiger partial charge in [0.05, 0.1) is 10.9 Å². The lowest BCUT2D eigenvalue weighted by molar-refractivity contribution is -0.146. The largest absolute Gasteiger partial charge is 0.504 e. The van der Waals surface area contributed by atoms with Crippen molar-refractivity contribution in [2.45, 2.75) is 20.0 Å². The van der Waals surface area contributed by atoms with Crippen LogP contribution in [-0.2, 0) is 9.53 Å². The van der Waals surface area contributed by atoms with Crippen LogP contribution >= 0.6 is 31.9 Å². The molecule has 0 radical (unpaired) electrons. The first-order valence-corrected chi connectivity index (χ1v) is 9.90. The number of furan rings is 1. The van der Waals surface area contributed by atoms with E-state index in [1.54, 1.807) is 0 Å². The lowest BCUT2D eigenvalue weighted by atomic mass is 9.97. The van der Waals surface area contributed by atoms with Gasteiger partial charge < -0.3 is 24.5 Å². The number of ketones is 1. The Morgan fingerprint density at radius 1 is 1.10 bits per heavy atom. The van der Waals surface area contributed by atoms with Crippen LogP contribution in [0.25, 0.3) is 11.0 Å². The highest BCUT2D eigenvalue weighted by Gasteiger charge is 2.32. The zero-order valence-electron chi connectivity index (χ0n) is 15.4. The minimum atomic E-state index is -1.06. The van der Waals surface area contributed by atoms with E-state index in [1.807, 2.05) is 0 Å². The summed E-state index contributed by atoms with van der Waals surface area (Å²) in [4.78, 5) is 35.7. The normalized spacial score (nSPS) is 12.0. The number of nitroso groups, excluding NO2 is 1. The quantitative estimate of drug-likeness (QED) is 0.129. The van der Waals surface area contributed by atoms with E-state index in [-0.39, 0.29) is 42.5 Å². The Morgan fingerprint density at radius 2 is 1.70 bits per heavy atom. The number of rotatable bonds is 5. The second kappa shape index (κ2) is 8.07. The summed E-state index contributed by atoms with van der Waals surface area (Å²) in [6, 6.07) is 3.53. The number of phenols is 3. The Bertz CT molecular complexity index is 1190. The number of esters is 1. The zero-order valence-corrected chi connectivity index (χ0v) is 18.6. The molecular weight excluding hydrogens is 530 g/mol. The Kier molecular flexibility index (Phi) is 5.86. The van der Waals surface area contributed by atoms with Crippen molar-refractivity contribution < 1.29 is 34.1 Å². The maximum Gasteiger partial charge on any atom is 0.303 e. The van der Waals surface area contributed by atoms with Gasteiger partial charge in [0.1, 0.15) is 5.69 Å². The number of hydrogen-bond donors (Lipinski definition) is 3. The number of aromatic hydroxyl groups is 3. The Labute approximate surface area is 185 Å². The molecule has 1 aromatic heterocycles. The van der Waals surface area contributed by atoms with Crippen LogP contribution in [0.2, 0.25) is 0 Å². The first-order valence-electron chi connectivity index (χ1n) is 8.31.